The van der Waals surface area contributed by atoms with Gasteiger partial charge in [0, 0.05) is 20.6 Å². The maximum atomic E-state index is 13.5. The molecule has 3 saturated heterocycles. The number of fused-ring (bicyclic) bond motifs is 2. The fourth-order valence-corrected chi connectivity index (χ4v) is 6.89. The van der Waals surface area contributed by atoms with E-state index in [9.17, 15) is 14.9 Å². The van der Waals surface area contributed by atoms with Crippen molar-refractivity contribution in [3.63, 3.8) is 0 Å². The number of amides is 2. The van der Waals surface area contributed by atoms with Crippen molar-refractivity contribution in [1.82, 2.24) is 9.80 Å². The number of benzene rings is 1. The molecule has 0 N–H and O–H groups in total. The van der Waals surface area contributed by atoms with E-state index < -0.39 is 21.2 Å². The van der Waals surface area contributed by atoms with Crippen LogP contribution in [0.5, 0.6) is 11.5 Å². The number of piperazine rings is 1. The molecule has 4 atom stereocenters. The van der Waals surface area contributed by atoms with Crippen molar-refractivity contribution in [2.45, 2.75) is 29.1 Å². The lowest BCUT2D eigenvalue weighted by Crippen LogP contribution is -2.60. The summed E-state index contributed by atoms with van der Waals surface area (Å²) < 4.78 is 16.3. The molecule has 1 spiro atoms. The third-order valence-electron chi connectivity index (χ3n) is 6.32. The molecule has 3 fully saturated rings. The van der Waals surface area contributed by atoms with Gasteiger partial charge in [-0.3, -0.25) is 9.59 Å². The molecule has 0 radical (unpaired) electrons. The van der Waals surface area contributed by atoms with Crippen molar-refractivity contribution in [2.24, 2.45) is 5.41 Å². The van der Waals surface area contributed by atoms with Crippen LogP contribution in [0, 0.1) is 16.7 Å². The number of rotatable bonds is 3. The summed E-state index contributed by atoms with van der Waals surface area (Å²) in [6.07, 6.45) is 0.221. The molecule has 0 aliphatic carbocycles. The number of nitriles is 1. The summed E-state index contributed by atoms with van der Waals surface area (Å²) in [6.45, 7) is 2.02. The van der Waals surface area contributed by atoms with Crippen molar-refractivity contribution < 1.29 is 23.8 Å². The molecule has 2 bridgehead atoms. The van der Waals surface area contributed by atoms with Gasteiger partial charge >= 0.3 is 0 Å². The quantitative estimate of drug-likeness (QED) is 0.757. The SMILES string of the molecule is COC[C@]1(C#N)C[C@@]23SC(C)(C(=O)N2[C@H]1c1ccc2c(c1)OCO2)N(C)C3=O. The molecule has 146 valence electrons. The zero-order chi connectivity index (χ0) is 19.9. The van der Waals surface area contributed by atoms with Crippen LogP contribution >= 0.6 is 11.8 Å². The lowest BCUT2D eigenvalue weighted by atomic mass is 9.78. The van der Waals surface area contributed by atoms with Gasteiger partial charge in [-0.1, -0.05) is 17.8 Å². The van der Waals surface area contributed by atoms with Gasteiger partial charge in [0.2, 0.25) is 6.79 Å². The molecule has 9 heteroatoms. The second kappa shape index (κ2) is 5.33. The van der Waals surface area contributed by atoms with Gasteiger partial charge in [0.1, 0.15) is 5.41 Å². The van der Waals surface area contributed by atoms with Crippen LogP contribution in [-0.2, 0) is 14.3 Å². The Kier molecular flexibility index (Phi) is 3.36. The van der Waals surface area contributed by atoms with E-state index in [1.54, 1.807) is 31.0 Å². The monoisotopic (exact) mass is 401 g/mol. The van der Waals surface area contributed by atoms with Gasteiger partial charge in [-0.25, -0.2) is 0 Å². The molecule has 4 heterocycles. The maximum Gasteiger partial charge on any atom is 0.261 e. The van der Waals surface area contributed by atoms with Crippen molar-refractivity contribution in [2.75, 3.05) is 27.6 Å². The van der Waals surface area contributed by atoms with E-state index >= 15 is 0 Å². The molecule has 1 unspecified atom stereocenters. The number of hydrogen-bond acceptors (Lipinski definition) is 7. The summed E-state index contributed by atoms with van der Waals surface area (Å²) in [5, 5.41) is 10.2. The van der Waals surface area contributed by atoms with Crippen LogP contribution in [0.3, 0.4) is 0 Å². The lowest BCUT2D eigenvalue weighted by Gasteiger charge is -2.40. The Hall–Kier alpha value is -2.44. The summed E-state index contributed by atoms with van der Waals surface area (Å²) >= 11 is 1.33. The smallest absolute Gasteiger partial charge is 0.261 e. The van der Waals surface area contributed by atoms with Gasteiger partial charge in [-0.05, 0) is 24.6 Å². The minimum absolute atomic E-state index is 0.113. The van der Waals surface area contributed by atoms with E-state index in [0.29, 0.717) is 11.5 Å². The highest BCUT2D eigenvalue weighted by Crippen LogP contribution is 2.69. The Morgan fingerprint density at radius 1 is 1.32 bits per heavy atom. The van der Waals surface area contributed by atoms with Crippen LogP contribution in [0.1, 0.15) is 24.9 Å². The summed E-state index contributed by atoms with van der Waals surface area (Å²) in [5.41, 5.74) is -0.312. The van der Waals surface area contributed by atoms with Crippen LogP contribution in [0.15, 0.2) is 18.2 Å². The third-order valence-corrected chi connectivity index (χ3v) is 8.02. The van der Waals surface area contributed by atoms with Crippen LogP contribution in [-0.4, -0.2) is 58.9 Å². The number of carbonyl (C=O) groups excluding carboxylic acids is 2. The second-order valence-corrected chi connectivity index (χ2v) is 9.48. The molecule has 1 aromatic carbocycles. The predicted molar refractivity (Wildman–Crippen MR) is 98.2 cm³/mol. The Morgan fingerprint density at radius 3 is 2.79 bits per heavy atom. The number of ether oxygens (including phenoxy) is 3. The first-order valence-electron chi connectivity index (χ1n) is 8.95. The molecule has 4 aliphatic rings. The molecule has 0 saturated carbocycles. The molecule has 1 aromatic rings. The van der Waals surface area contributed by atoms with Crippen LogP contribution < -0.4 is 9.47 Å². The van der Waals surface area contributed by atoms with E-state index in [-0.39, 0.29) is 31.6 Å². The zero-order valence-corrected chi connectivity index (χ0v) is 16.5. The first-order chi connectivity index (χ1) is 13.3. The Morgan fingerprint density at radius 2 is 2.07 bits per heavy atom. The van der Waals surface area contributed by atoms with Crippen LogP contribution in [0.4, 0.5) is 0 Å². The first-order valence-corrected chi connectivity index (χ1v) is 9.77. The predicted octanol–water partition coefficient (Wildman–Crippen LogP) is 1.48. The molecular weight excluding hydrogens is 382 g/mol. The zero-order valence-electron chi connectivity index (χ0n) is 15.7. The summed E-state index contributed by atoms with van der Waals surface area (Å²) in [5.74, 6) is 0.896. The first kappa shape index (κ1) is 17.6. The van der Waals surface area contributed by atoms with Gasteiger partial charge in [-0.15, -0.1) is 0 Å². The van der Waals surface area contributed by atoms with E-state index in [1.165, 1.54) is 23.8 Å². The summed E-state index contributed by atoms with van der Waals surface area (Å²) in [7, 11) is 3.18. The average Bonchev–Trinajstić information content (AvgIpc) is 3.36. The molecule has 4 aliphatic heterocycles. The fourth-order valence-electron chi connectivity index (χ4n) is 4.99. The minimum Gasteiger partial charge on any atom is -0.454 e. The largest absolute Gasteiger partial charge is 0.454 e. The number of likely N-dealkylation sites (N-methyl/N-ethyl adjacent to an activating group) is 1. The number of hydrogen-bond donors (Lipinski definition) is 0. The average molecular weight is 401 g/mol. The van der Waals surface area contributed by atoms with Gasteiger partial charge in [0.05, 0.1) is 18.7 Å². The van der Waals surface area contributed by atoms with Crippen molar-refractivity contribution >= 4 is 23.6 Å². The van der Waals surface area contributed by atoms with Gasteiger partial charge < -0.3 is 24.0 Å². The minimum atomic E-state index is -1.09. The second-order valence-electron chi connectivity index (χ2n) is 7.80. The van der Waals surface area contributed by atoms with E-state index in [0.717, 1.165) is 5.56 Å². The van der Waals surface area contributed by atoms with Crippen LogP contribution in [0.25, 0.3) is 0 Å². The van der Waals surface area contributed by atoms with Crippen molar-refractivity contribution in [3.05, 3.63) is 23.8 Å². The molecule has 5 rings (SSSR count). The molecular formula is C19H19N3O5S. The third kappa shape index (κ3) is 1.80. The summed E-state index contributed by atoms with van der Waals surface area (Å²) in [4.78, 5) is 27.7. The normalized spacial score (nSPS) is 37.6. The Balaban J connectivity index is 1.71. The van der Waals surface area contributed by atoms with E-state index in [2.05, 4.69) is 6.07 Å². The Bertz CT molecular complexity index is 963. The number of methoxy groups -OCH3 is 1. The van der Waals surface area contributed by atoms with Crippen molar-refractivity contribution in [3.8, 4) is 17.6 Å². The molecule has 8 nitrogen and oxygen atoms in total. The highest BCUT2D eigenvalue weighted by Gasteiger charge is 2.79. The highest BCUT2D eigenvalue weighted by atomic mass is 32.2. The maximum absolute atomic E-state index is 13.5. The van der Waals surface area contributed by atoms with Gasteiger partial charge in [0.15, 0.2) is 21.2 Å². The Labute approximate surface area is 166 Å². The van der Waals surface area contributed by atoms with E-state index in [1.807, 2.05) is 6.07 Å². The highest BCUT2D eigenvalue weighted by molar-refractivity contribution is 8.04. The van der Waals surface area contributed by atoms with E-state index in [4.69, 9.17) is 14.2 Å². The fraction of sp³-hybridized carbons (Fsp3) is 0.526. The molecule has 2 amide bonds. The molecule has 0 aromatic heterocycles. The lowest BCUT2D eigenvalue weighted by molar-refractivity contribution is -0.159. The van der Waals surface area contributed by atoms with Gasteiger partial charge in [0.25, 0.3) is 11.8 Å². The number of nitrogens with zero attached hydrogens (tertiary/aromatic N) is 3. The topological polar surface area (TPSA) is 92.1 Å². The molecule has 28 heavy (non-hydrogen) atoms. The number of thioether (sulfide) groups is 1. The summed E-state index contributed by atoms with van der Waals surface area (Å²) in [6, 6.07) is 7.18. The van der Waals surface area contributed by atoms with Gasteiger partial charge in [-0.2, -0.15) is 5.26 Å². The van der Waals surface area contributed by atoms with Crippen LogP contribution in [0.2, 0.25) is 0 Å². The number of carbonyl (C=O) groups is 2. The standard InChI is InChI=1S/C19H19N3O5S/c1-17-15(23)22-14(11-4-5-12-13(6-11)27-10-26-12)18(8-20,9-25-3)7-19(22,28-17)16(24)21(17)2/h4-6,14H,7,9-10H2,1-3H3/t14-,17?,18+,19-/m0/s1. The van der Waals surface area contributed by atoms with Crippen molar-refractivity contribution in [1.29, 1.82) is 5.26 Å².